The predicted octanol–water partition coefficient (Wildman–Crippen LogP) is 1.33. The van der Waals surface area contributed by atoms with Gasteiger partial charge >= 0.3 is 0 Å². The van der Waals surface area contributed by atoms with Crippen LogP contribution in [0.5, 0.6) is 0 Å². The molecule has 96 valence electrons. The highest BCUT2D eigenvalue weighted by Gasteiger charge is 2.06. The molecule has 2 heterocycles. The molecule has 3 N–H and O–H groups in total. The normalized spacial score (nSPS) is 10.7. The average molecular weight is 246 g/mol. The van der Waals surface area contributed by atoms with Crippen molar-refractivity contribution < 1.29 is 5.11 Å². The van der Waals surface area contributed by atoms with Crippen LogP contribution in [0, 0.1) is 0 Å². The molecule has 5 nitrogen and oxygen atoms in total. The van der Waals surface area contributed by atoms with Crippen LogP contribution in [0.4, 0.5) is 0 Å². The minimum atomic E-state index is 0.258. The van der Waals surface area contributed by atoms with E-state index in [0.717, 1.165) is 42.8 Å². The fourth-order valence-corrected chi connectivity index (χ4v) is 1.79. The monoisotopic (exact) mass is 246 g/mol. The third-order valence-corrected chi connectivity index (χ3v) is 2.75. The first-order chi connectivity index (χ1) is 8.92. The fraction of sp³-hybridized carbons (Fsp3) is 0.385. The van der Waals surface area contributed by atoms with Crippen LogP contribution < -0.4 is 5.32 Å². The maximum absolute atomic E-state index is 8.69. The van der Waals surface area contributed by atoms with E-state index in [0.29, 0.717) is 0 Å². The van der Waals surface area contributed by atoms with Crippen LogP contribution in [-0.4, -0.2) is 33.4 Å². The third-order valence-electron chi connectivity index (χ3n) is 2.75. The SMILES string of the molecule is OCCCCNCc1cn[nH]c1-c1cccnc1. The van der Waals surface area contributed by atoms with Gasteiger partial charge in [-0.25, -0.2) is 0 Å². The van der Waals surface area contributed by atoms with E-state index in [1.807, 2.05) is 24.5 Å². The highest BCUT2D eigenvalue weighted by atomic mass is 16.2. The lowest BCUT2D eigenvalue weighted by atomic mass is 10.1. The number of hydrogen-bond donors (Lipinski definition) is 3. The van der Waals surface area contributed by atoms with Gasteiger partial charge < -0.3 is 10.4 Å². The minimum absolute atomic E-state index is 0.258. The number of unbranched alkanes of at least 4 members (excludes halogenated alkanes) is 1. The summed E-state index contributed by atoms with van der Waals surface area (Å²) < 4.78 is 0. The molecule has 0 radical (unpaired) electrons. The molecular weight excluding hydrogens is 228 g/mol. The maximum atomic E-state index is 8.69. The zero-order valence-corrected chi connectivity index (χ0v) is 10.3. The van der Waals surface area contributed by atoms with Gasteiger partial charge in [0.2, 0.25) is 0 Å². The molecule has 0 saturated heterocycles. The molecule has 0 aliphatic heterocycles. The van der Waals surface area contributed by atoms with Gasteiger partial charge in [0.1, 0.15) is 0 Å². The lowest BCUT2D eigenvalue weighted by Crippen LogP contribution is -2.15. The molecule has 0 fully saturated rings. The Kier molecular flexibility index (Phi) is 4.87. The van der Waals surface area contributed by atoms with Crippen molar-refractivity contribution in [2.45, 2.75) is 19.4 Å². The summed E-state index contributed by atoms with van der Waals surface area (Å²) in [6.45, 7) is 1.93. The molecule has 0 aromatic carbocycles. The molecule has 18 heavy (non-hydrogen) atoms. The zero-order valence-electron chi connectivity index (χ0n) is 10.3. The largest absolute Gasteiger partial charge is 0.396 e. The van der Waals surface area contributed by atoms with Crippen molar-refractivity contribution in [3.8, 4) is 11.3 Å². The number of nitrogens with one attached hydrogen (secondary N) is 2. The van der Waals surface area contributed by atoms with Crippen molar-refractivity contribution in [3.63, 3.8) is 0 Å². The molecule has 0 aliphatic rings. The molecule has 0 spiro atoms. The Morgan fingerprint density at radius 1 is 1.28 bits per heavy atom. The molecule has 2 aromatic heterocycles. The predicted molar refractivity (Wildman–Crippen MR) is 69.8 cm³/mol. The molecule has 0 unspecified atom stereocenters. The molecule has 0 atom stereocenters. The Hall–Kier alpha value is -1.72. The first-order valence-corrected chi connectivity index (χ1v) is 6.16. The second kappa shape index (κ2) is 6.88. The second-order valence-electron chi connectivity index (χ2n) is 4.12. The van der Waals surface area contributed by atoms with E-state index in [1.165, 1.54) is 0 Å². The van der Waals surface area contributed by atoms with Crippen LogP contribution in [0.15, 0.2) is 30.7 Å². The molecular formula is C13H18N4O. The van der Waals surface area contributed by atoms with E-state index in [9.17, 15) is 0 Å². The summed E-state index contributed by atoms with van der Waals surface area (Å²) >= 11 is 0. The Labute approximate surface area is 106 Å². The van der Waals surface area contributed by atoms with E-state index in [4.69, 9.17) is 5.11 Å². The smallest absolute Gasteiger partial charge is 0.0710 e. The topological polar surface area (TPSA) is 73.8 Å². The van der Waals surface area contributed by atoms with Crippen LogP contribution in [0.3, 0.4) is 0 Å². The van der Waals surface area contributed by atoms with Gasteiger partial charge in [-0.05, 0) is 31.5 Å². The number of H-pyrrole nitrogens is 1. The molecule has 0 aliphatic carbocycles. The summed E-state index contributed by atoms with van der Waals surface area (Å²) in [5.74, 6) is 0. The lowest BCUT2D eigenvalue weighted by Gasteiger charge is -2.05. The van der Waals surface area contributed by atoms with Gasteiger partial charge in [0.25, 0.3) is 0 Å². The van der Waals surface area contributed by atoms with Crippen LogP contribution in [0.2, 0.25) is 0 Å². The molecule has 0 saturated carbocycles. The van der Waals surface area contributed by atoms with E-state index in [-0.39, 0.29) is 6.61 Å². The van der Waals surface area contributed by atoms with Crippen LogP contribution >= 0.6 is 0 Å². The zero-order chi connectivity index (χ0) is 12.6. The number of rotatable bonds is 7. The van der Waals surface area contributed by atoms with Crippen molar-refractivity contribution >= 4 is 0 Å². The van der Waals surface area contributed by atoms with Gasteiger partial charge in [-0.15, -0.1) is 0 Å². The Morgan fingerprint density at radius 3 is 3.00 bits per heavy atom. The van der Waals surface area contributed by atoms with E-state index < -0.39 is 0 Å². The number of nitrogens with zero attached hydrogens (tertiary/aromatic N) is 2. The minimum Gasteiger partial charge on any atom is -0.396 e. The Bertz CT molecular complexity index is 455. The first kappa shape index (κ1) is 12.7. The highest BCUT2D eigenvalue weighted by molar-refractivity contribution is 5.61. The summed E-state index contributed by atoms with van der Waals surface area (Å²) in [4.78, 5) is 4.11. The number of hydrogen-bond acceptors (Lipinski definition) is 4. The number of aromatic amines is 1. The van der Waals surface area contributed by atoms with E-state index in [2.05, 4.69) is 20.5 Å². The van der Waals surface area contributed by atoms with Gasteiger partial charge in [0.05, 0.1) is 11.9 Å². The van der Waals surface area contributed by atoms with Crippen molar-refractivity contribution in [3.05, 3.63) is 36.3 Å². The number of aliphatic hydroxyl groups excluding tert-OH is 1. The summed E-state index contributed by atoms with van der Waals surface area (Å²) in [5.41, 5.74) is 3.19. The van der Waals surface area contributed by atoms with Crippen molar-refractivity contribution in [2.75, 3.05) is 13.2 Å². The van der Waals surface area contributed by atoms with Crippen LogP contribution in [0.25, 0.3) is 11.3 Å². The molecule has 0 amide bonds. The lowest BCUT2D eigenvalue weighted by molar-refractivity contribution is 0.283. The number of aliphatic hydroxyl groups is 1. The third kappa shape index (κ3) is 3.38. The van der Waals surface area contributed by atoms with Crippen molar-refractivity contribution in [1.29, 1.82) is 0 Å². The molecule has 5 heteroatoms. The fourth-order valence-electron chi connectivity index (χ4n) is 1.79. The second-order valence-corrected chi connectivity index (χ2v) is 4.12. The van der Waals surface area contributed by atoms with Gasteiger partial charge in [0, 0.05) is 36.7 Å². The van der Waals surface area contributed by atoms with E-state index in [1.54, 1.807) is 6.20 Å². The van der Waals surface area contributed by atoms with Crippen LogP contribution in [-0.2, 0) is 6.54 Å². The molecule has 0 bridgehead atoms. The molecule has 2 aromatic rings. The van der Waals surface area contributed by atoms with Gasteiger partial charge in [-0.3, -0.25) is 10.1 Å². The molecule has 2 rings (SSSR count). The van der Waals surface area contributed by atoms with Gasteiger partial charge in [-0.2, -0.15) is 5.10 Å². The quantitative estimate of drug-likeness (QED) is 0.644. The summed E-state index contributed by atoms with van der Waals surface area (Å²) in [6.07, 6.45) is 7.24. The van der Waals surface area contributed by atoms with Gasteiger partial charge in [-0.1, -0.05) is 0 Å². The number of pyridine rings is 1. The van der Waals surface area contributed by atoms with Gasteiger partial charge in [0.15, 0.2) is 0 Å². The van der Waals surface area contributed by atoms with Crippen molar-refractivity contribution in [1.82, 2.24) is 20.5 Å². The Balaban J connectivity index is 1.92. The van der Waals surface area contributed by atoms with E-state index >= 15 is 0 Å². The summed E-state index contributed by atoms with van der Waals surface area (Å²) in [5, 5.41) is 19.1. The highest BCUT2D eigenvalue weighted by Crippen LogP contribution is 2.19. The number of aromatic nitrogens is 3. The summed E-state index contributed by atoms with van der Waals surface area (Å²) in [7, 11) is 0. The maximum Gasteiger partial charge on any atom is 0.0710 e. The summed E-state index contributed by atoms with van der Waals surface area (Å²) in [6, 6.07) is 3.92. The van der Waals surface area contributed by atoms with Crippen molar-refractivity contribution in [2.24, 2.45) is 0 Å². The van der Waals surface area contributed by atoms with Crippen LogP contribution in [0.1, 0.15) is 18.4 Å². The Morgan fingerprint density at radius 2 is 2.22 bits per heavy atom. The standard InChI is InChI=1S/C13H18N4O/c18-7-2-1-5-14-9-12-10-16-17-13(12)11-4-3-6-15-8-11/h3-4,6,8,10,14,18H,1-2,5,7,9H2,(H,16,17). The average Bonchev–Trinajstić information content (AvgIpc) is 2.88. The first-order valence-electron chi connectivity index (χ1n) is 6.16.